The molecule has 3 aliphatic rings. The minimum Gasteiger partial charge on any atom is -0.380 e. The molecule has 1 heterocycles. The maximum atomic E-state index is 12.8. The first kappa shape index (κ1) is 22.3. The van der Waals surface area contributed by atoms with E-state index < -0.39 is 0 Å². The number of aromatic nitrogens is 2. The molecule has 3 fully saturated rings. The fourth-order valence-corrected chi connectivity index (χ4v) is 5.92. The Morgan fingerprint density at radius 3 is 2.61 bits per heavy atom. The Balaban J connectivity index is 1.38. The summed E-state index contributed by atoms with van der Waals surface area (Å²) in [6.45, 7) is 9.12. The molecule has 1 aromatic heterocycles. The maximum Gasteiger partial charge on any atom is 0.283 e. The molecular weight excluding hydrogens is 454 g/mol. The first-order chi connectivity index (χ1) is 14.7. The van der Waals surface area contributed by atoms with Crippen molar-refractivity contribution in [3.05, 3.63) is 56.4 Å². The van der Waals surface area contributed by atoms with Crippen molar-refractivity contribution in [2.24, 2.45) is 23.2 Å². The highest BCUT2D eigenvalue weighted by Crippen LogP contribution is 2.61. The Hall–Kier alpha value is -1.95. The highest BCUT2D eigenvalue weighted by Gasteiger charge is 2.56. The number of hydrogen-bond donors (Lipinski definition) is 1. The van der Waals surface area contributed by atoms with E-state index in [-0.39, 0.29) is 17.9 Å². The van der Waals surface area contributed by atoms with Crippen LogP contribution in [-0.4, -0.2) is 21.6 Å². The first-order valence-electron chi connectivity index (χ1n) is 11.3. The number of benzene rings is 1. The third-order valence-electron chi connectivity index (χ3n) is 7.82. The molecular formula is C25H32BrN3O2. The zero-order valence-corrected chi connectivity index (χ0v) is 20.4. The Morgan fingerprint density at radius 2 is 1.97 bits per heavy atom. The van der Waals surface area contributed by atoms with Crippen LogP contribution in [0.5, 0.6) is 0 Å². The van der Waals surface area contributed by atoms with E-state index in [1.54, 1.807) is 6.20 Å². The van der Waals surface area contributed by atoms with Crippen LogP contribution >= 0.6 is 15.9 Å². The topological polar surface area (TPSA) is 64.0 Å². The normalized spacial score (nSPS) is 26.2. The number of anilines is 1. The van der Waals surface area contributed by atoms with E-state index in [0.29, 0.717) is 34.7 Å². The molecule has 0 unspecified atom stereocenters. The Labute approximate surface area is 192 Å². The summed E-state index contributed by atoms with van der Waals surface area (Å²) >= 11 is 3.45. The van der Waals surface area contributed by atoms with Crippen LogP contribution in [0.15, 0.2) is 39.7 Å². The second kappa shape index (κ2) is 8.53. The van der Waals surface area contributed by atoms with E-state index >= 15 is 0 Å². The van der Waals surface area contributed by atoms with Crippen LogP contribution in [0, 0.1) is 30.1 Å². The predicted molar refractivity (Wildman–Crippen MR) is 127 cm³/mol. The zero-order chi connectivity index (χ0) is 22.3. The van der Waals surface area contributed by atoms with Crippen LogP contribution in [0.1, 0.15) is 51.2 Å². The predicted octanol–water partition coefficient (Wildman–Crippen LogP) is 5.00. The molecule has 6 heteroatoms. The molecule has 1 N–H and O–H groups in total. The molecule has 0 spiro atoms. The molecule has 5 nitrogen and oxygen atoms in total. The van der Waals surface area contributed by atoms with E-state index in [0.717, 1.165) is 29.5 Å². The summed E-state index contributed by atoms with van der Waals surface area (Å²) in [5.41, 5.74) is 3.22. The quantitative estimate of drug-likeness (QED) is 0.599. The van der Waals surface area contributed by atoms with Crippen LogP contribution in [0.3, 0.4) is 0 Å². The summed E-state index contributed by atoms with van der Waals surface area (Å²) in [5.74, 6) is 2.02. The number of nitrogens with one attached hydrogen (secondary N) is 1. The summed E-state index contributed by atoms with van der Waals surface area (Å²) in [6, 6.07) is 8.53. The number of halogens is 1. The standard InChI is InChI=1S/C25H32BrN3O2/c1-15-5-7-17(8-6-15)9-10-19(30)14-29-24(31)23(26)22(13-27-29)28-21-12-18-11-20(16(21)2)25(18,3)4/h5-8,13,16,18,20-21,28H,9-12,14H2,1-4H3/t16-,18-,20+,21-/m1/s1. The van der Waals surface area contributed by atoms with Crippen molar-refractivity contribution in [1.29, 1.82) is 0 Å². The van der Waals surface area contributed by atoms with Gasteiger partial charge in [-0.15, -0.1) is 0 Å². The van der Waals surface area contributed by atoms with Gasteiger partial charge in [-0.1, -0.05) is 50.6 Å². The molecule has 1 aromatic carbocycles. The summed E-state index contributed by atoms with van der Waals surface area (Å²) in [4.78, 5) is 25.2. The number of aryl methyl sites for hydroxylation is 2. The molecule has 0 aliphatic heterocycles. The van der Waals surface area contributed by atoms with Gasteiger partial charge in [0.25, 0.3) is 5.56 Å². The van der Waals surface area contributed by atoms with Gasteiger partial charge in [-0.05, 0) is 70.8 Å². The second-order valence-electron chi connectivity index (χ2n) is 10.1. The molecule has 4 atom stereocenters. The minimum absolute atomic E-state index is 0.00173. The number of fused-ring (bicyclic) bond motifs is 2. The zero-order valence-electron chi connectivity index (χ0n) is 18.8. The summed E-state index contributed by atoms with van der Waals surface area (Å²) in [5, 5.41) is 7.85. The van der Waals surface area contributed by atoms with E-state index in [4.69, 9.17) is 0 Å². The van der Waals surface area contributed by atoms with Gasteiger partial charge in [-0.25, -0.2) is 4.68 Å². The summed E-state index contributed by atoms with van der Waals surface area (Å²) in [6.07, 6.45) is 5.19. The number of Topliss-reactive ketones (excluding diaryl/α,β-unsaturated/α-hetero) is 1. The second-order valence-corrected chi connectivity index (χ2v) is 10.9. The Morgan fingerprint density at radius 1 is 1.26 bits per heavy atom. The van der Waals surface area contributed by atoms with Crippen molar-refractivity contribution in [2.45, 2.75) is 66.0 Å². The van der Waals surface area contributed by atoms with Crippen molar-refractivity contribution in [3.8, 4) is 0 Å². The largest absolute Gasteiger partial charge is 0.380 e. The molecule has 3 saturated carbocycles. The fraction of sp³-hybridized carbons (Fsp3) is 0.560. The van der Waals surface area contributed by atoms with Crippen LogP contribution in [0.4, 0.5) is 5.69 Å². The van der Waals surface area contributed by atoms with Crippen molar-refractivity contribution >= 4 is 27.4 Å². The van der Waals surface area contributed by atoms with Crippen molar-refractivity contribution in [2.75, 3.05) is 5.32 Å². The van der Waals surface area contributed by atoms with Gasteiger partial charge < -0.3 is 5.32 Å². The molecule has 0 amide bonds. The lowest BCUT2D eigenvalue weighted by atomic mass is 9.45. The highest BCUT2D eigenvalue weighted by molar-refractivity contribution is 9.10. The fourth-order valence-electron chi connectivity index (χ4n) is 5.50. The summed E-state index contributed by atoms with van der Waals surface area (Å²) in [7, 11) is 0. The minimum atomic E-state index is -0.261. The number of carbonyl (C=O) groups is 1. The molecule has 31 heavy (non-hydrogen) atoms. The van der Waals surface area contributed by atoms with Gasteiger partial charge in [0, 0.05) is 12.5 Å². The first-order valence-corrected chi connectivity index (χ1v) is 12.1. The van der Waals surface area contributed by atoms with Crippen LogP contribution in [0.2, 0.25) is 0 Å². The Kier molecular flexibility index (Phi) is 6.12. The van der Waals surface area contributed by atoms with Crippen LogP contribution < -0.4 is 10.9 Å². The van der Waals surface area contributed by atoms with E-state index in [9.17, 15) is 9.59 Å². The van der Waals surface area contributed by atoms with Crippen molar-refractivity contribution in [1.82, 2.24) is 9.78 Å². The van der Waals surface area contributed by atoms with Gasteiger partial charge in [0.05, 0.1) is 11.9 Å². The smallest absolute Gasteiger partial charge is 0.283 e. The number of nitrogens with zero attached hydrogens (tertiary/aromatic N) is 2. The lowest BCUT2D eigenvalue weighted by Crippen LogP contribution is -2.58. The molecule has 2 aromatic rings. The van der Waals surface area contributed by atoms with Gasteiger partial charge in [-0.3, -0.25) is 9.59 Å². The third kappa shape index (κ3) is 4.36. The van der Waals surface area contributed by atoms with E-state index in [2.05, 4.69) is 47.1 Å². The van der Waals surface area contributed by atoms with E-state index in [1.807, 2.05) is 31.2 Å². The molecule has 3 aliphatic carbocycles. The monoisotopic (exact) mass is 485 g/mol. The lowest BCUT2D eigenvalue weighted by molar-refractivity contribution is -0.119. The summed E-state index contributed by atoms with van der Waals surface area (Å²) < 4.78 is 1.72. The Bertz CT molecular complexity index is 1030. The van der Waals surface area contributed by atoms with Gasteiger partial charge in [-0.2, -0.15) is 5.10 Å². The average molecular weight is 486 g/mol. The van der Waals surface area contributed by atoms with Crippen LogP contribution in [-0.2, 0) is 17.8 Å². The van der Waals surface area contributed by atoms with E-state index in [1.165, 1.54) is 16.7 Å². The number of hydrogen-bond acceptors (Lipinski definition) is 4. The van der Waals surface area contributed by atoms with Gasteiger partial charge in [0.1, 0.15) is 11.0 Å². The molecule has 166 valence electrons. The molecule has 5 rings (SSSR count). The van der Waals surface area contributed by atoms with Gasteiger partial charge >= 0.3 is 0 Å². The van der Waals surface area contributed by atoms with Crippen molar-refractivity contribution < 1.29 is 4.79 Å². The molecule has 0 radical (unpaired) electrons. The van der Waals surface area contributed by atoms with Crippen molar-refractivity contribution in [3.63, 3.8) is 0 Å². The average Bonchev–Trinajstić information content (AvgIpc) is 2.74. The van der Waals surface area contributed by atoms with Crippen LogP contribution in [0.25, 0.3) is 0 Å². The maximum absolute atomic E-state index is 12.8. The number of rotatable bonds is 7. The number of ketones is 1. The highest BCUT2D eigenvalue weighted by atomic mass is 79.9. The molecule has 0 saturated heterocycles. The SMILES string of the molecule is Cc1ccc(CCC(=O)Cn2ncc(N[C@@H]3C[C@H]4C[C@@H]([C@H]3C)C4(C)C)c(Br)c2=O)cc1. The number of carbonyl (C=O) groups excluding carboxylic acids is 1. The molecule has 2 bridgehead atoms. The lowest BCUT2D eigenvalue weighted by Gasteiger charge is -2.62. The van der Waals surface area contributed by atoms with Gasteiger partial charge in [0.15, 0.2) is 5.78 Å². The third-order valence-corrected chi connectivity index (χ3v) is 8.59. The van der Waals surface area contributed by atoms with Gasteiger partial charge in [0.2, 0.25) is 0 Å².